The summed E-state index contributed by atoms with van der Waals surface area (Å²) >= 11 is 1.44. The van der Waals surface area contributed by atoms with E-state index >= 15 is 17.6 Å². The number of rotatable bonds is 5. The van der Waals surface area contributed by atoms with E-state index in [1.165, 1.54) is 6.92 Å². The third-order valence-electron chi connectivity index (χ3n) is 6.43. The van der Waals surface area contributed by atoms with Gasteiger partial charge in [-0.3, -0.25) is 0 Å². The normalized spacial score (nSPS) is 22.1. The number of thiazole rings is 1. The number of aromatic nitrogens is 1. The van der Waals surface area contributed by atoms with Gasteiger partial charge in [0, 0.05) is 20.2 Å². The molecule has 0 saturated heterocycles. The fourth-order valence-electron chi connectivity index (χ4n) is 4.64. The minimum Gasteiger partial charge on any atom is -0.390 e. The van der Waals surface area contributed by atoms with E-state index < -0.39 is 41.1 Å². The van der Waals surface area contributed by atoms with E-state index in [0.717, 1.165) is 11.3 Å². The third kappa shape index (κ3) is 3.61. The molecule has 1 N–H and O–H groups in total. The van der Waals surface area contributed by atoms with Gasteiger partial charge in [-0.1, -0.05) is 60.7 Å². The predicted octanol–water partition coefficient (Wildman–Crippen LogP) is 8.13. The molecule has 36 heavy (non-hydrogen) atoms. The van der Waals surface area contributed by atoms with Crippen LogP contribution in [0.5, 0.6) is 0 Å². The molecule has 0 spiro atoms. The number of aliphatic hydroxyl groups is 1. The minimum atomic E-state index is -5.61. The molecule has 0 amide bonds. The Morgan fingerprint density at radius 2 is 1.31 bits per heavy atom. The first-order valence-electron chi connectivity index (χ1n) is 11.0. The van der Waals surface area contributed by atoms with Crippen molar-refractivity contribution in [1.82, 2.24) is 4.98 Å². The van der Waals surface area contributed by atoms with Gasteiger partial charge in [0.15, 0.2) is 0 Å². The van der Waals surface area contributed by atoms with Gasteiger partial charge in [-0.25, -0.2) is 4.98 Å². The smallest absolute Gasteiger partial charge is 0.373 e. The van der Waals surface area contributed by atoms with Crippen LogP contribution >= 0.6 is 22.7 Å². The van der Waals surface area contributed by atoms with Crippen molar-refractivity contribution in [1.29, 1.82) is 0 Å². The van der Waals surface area contributed by atoms with Crippen LogP contribution in [0.4, 0.5) is 26.3 Å². The van der Waals surface area contributed by atoms with Crippen LogP contribution in [0, 0.1) is 6.92 Å². The van der Waals surface area contributed by atoms with Crippen LogP contribution in [-0.4, -0.2) is 27.9 Å². The van der Waals surface area contributed by atoms with E-state index in [1.807, 2.05) is 0 Å². The molecule has 4 aromatic rings. The van der Waals surface area contributed by atoms with Gasteiger partial charge in [0.25, 0.3) is 0 Å². The molecule has 2 heterocycles. The van der Waals surface area contributed by atoms with Crippen LogP contribution in [-0.2, 0) is 6.61 Å². The van der Waals surface area contributed by atoms with Gasteiger partial charge >= 0.3 is 17.8 Å². The van der Waals surface area contributed by atoms with E-state index in [1.54, 1.807) is 66.7 Å². The number of aryl methyl sites for hydroxylation is 1. The molecule has 1 aliphatic rings. The Morgan fingerprint density at radius 1 is 0.778 bits per heavy atom. The second-order valence-corrected chi connectivity index (χ2v) is 10.8. The second-order valence-electron chi connectivity index (χ2n) is 8.65. The number of thiophene rings is 1. The Hall–Kier alpha value is -2.69. The molecule has 10 heteroatoms. The van der Waals surface area contributed by atoms with Crippen molar-refractivity contribution in [3.05, 3.63) is 87.7 Å². The summed E-state index contributed by atoms with van der Waals surface area (Å²) in [5.74, 6) is -20.8. The SMILES string of the molecule is Cc1cc(-c2ccccc2)sc1C1C(c2sc(-c3ccccc3)nc2CO)C(F)(F)C(F)(F)C1(F)F. The van der Waals surface area contributed by atoms with Crippen LogP contribution in [0.2, 0.25) is 0 Å². The Balaban J connectivity index is 1.71. The summed E-state index contributed by atoms with van der Waals surface area (Å²) in [4.78, 5) is 3.97. The average molecular weight is 540 g/mol. The molecule has 5 rings (SSSR count). The van der Waals surface area contributed by atoms with E-state index in [2.05, 4.69) is 4.98 Å². The molecular weight excluding hydrogens is 520 g/mol. The first-order valence-corrected chi connectivity index (χ1v) is 12.6. The fraction of sp³-hybridized carbons (Fsp3) is 0.269. The monoisotopic (exact) mass is 539 g/mol. The van der Waals surface area contributed by atoms with Crippen molar-refractivity contribution in [2.75, 3.05) is 0 Å². The lowest BCUT2D eigenvalue weighted by Gasteiger charge is -2.24. The summed E-state index contributed by atoms with van der Waals surface area (Å²) in [5.41, 5.74) is 1.08. The minimum absolute atomic E-state index is 0.176. The number of benzene rings is 2. The highest BCUT2D eigenvalue weighted by atomic mass is 32.1. The maximum atomic E-state index is 15.4. The second kappa shape index (κ2) is 8.71. The van der Waals surface area contributed by atoms with E-state index in [9.17, 15) is 13.9 Å². The molecule has 0 radical (unpaired) electrons. The molecular formula is C26H19F6NOS2. The summed E-state index contributed by atoms with van der Waals surface area (Å²) in [6, 6.07) is 18.5. The Bertz CT molecular complexity index is 1380. The van der Waals surface area contributed by atoms with Gasteiger partial charge in [-0.15, -0.1) is 22.7 Å². The molecule has 1 saturated carbocycles. The quantitative estimate of drug-likeness (QED) is 0.260. The maximum absolute atomic E-state index is 15.4. The van der Waals surface area contributed by atoms with E-state index in [0.29, 0.717) is 27.3 Å². The number of alkyl halides is 6. The van der Waals surface area contributed by atoms with Crippen LogP contribution in [0.3, 0.4) is 0 Å². The third-order valence-corrected chi connectivity index (χ3v) is 9.03. The zero-order valence-corrected chi connectivity index (χ0v) is 20.3. The van der Waals surface area contributed by atoms with E-state index in [4.69, 9.17) is 0 Å². The van der Waals surface area contributed by atoms with Crippen molar-refractivity contribution >= 4 is 22.7 Å². The van der Waals surface area contributed by atoms with Crippen LogP contribution < -0.4 is 0 Å². The average Bonchev–Trinajstić information content (AvgIpc) is 3.48. The first-order chi connectivity index (χ1) is 17.0. The topological polar surface area (TPSA) is 33.1 Å². The van der Waals surface area contributed by atoms with Gasteiger partial charge < -0.3 is 5.11 Å². The zero-order valence-electron chi connectivity index (χ0n) is 18.7. The Labute approximate surface area is 210 Å². The molecule has 1 aliphatic carbocycles. The molecule has 1 fully saturated rings. The molecule has 0 aliphatic heterocycles. The number of aliphatic hydroxyl groups excluding tert-OH is 1. The van der Waals surface area contributed by atoms with Crippen molar-refractivity contribution in [3.63, 3.8) is 0 Å². The molecule has 2 atom stereocenters. The lowest BCUT2D eigenvalue weighted by Crippen LogP contribution is -2.48. The molecule has 2 nitrogen and oxygen atoms in total. The zero-order chi connectivity index (χ0) is 25.9. The van der Waals surface area contributed by atoms with Gasteiger partial charge in [0.2, 0.25) is 0 Å². The highest BCUT2D eigenvalue weighted by Crippen LogP contribution is 2.70. The van der Waals surface area contributed by atoms with Crippen molar-refractivity contribution in [2.45, 2.75) is 43.1 Å². The Morgan fingerprint density at radius 3 is 1.86 bits per heavy atom. The summed E-state index contributed by atoms with van der Waals surface area (Å²) in [5, 5.41) is 10.0. The first kappa shape index (κ1) is 25.0. The van der Waals surface area contributed by atoms with Gasteiger partial charge in [-0.05, 0) is 24.1 Å². The van der Waals surface area contributed by atoms with Gasteiger partial charge in [-0.2, -0.15) is 26.3 Å². The van der Waals surface area contributed by atoms with Crippen LogP contribution in [0.25, 0.3) is 21.0 Å². The molecule has 2 aromatic carbocycles. The molecule has 0 bridgehead atoms. The largest absolute Gasteiger partial charge is 0.390 e. The summed E-state index contributed by atoms with van der Waals surface area (Å²) in [7, 11) is 0. The summed E-state index contributed by atoms with van der Waals surface area (Å²) in [6.45, 7) is 0.600. The predicted molar refractivity (Wildman–Crippen MR) is 128 cm³/mol. The molecule has 188 valence electrons. The summed E-state index contributed by atoms with van der Waals surface area (Å²) in [6.07, 6.45) is 0. The van der Waals surface area contributed by atoms with Gasteiger partial charge in [0.1, 0.15) is 5.01 Å². The molecule has 2 aromatic heterocycles. The highest BCUT2D eigenvalue weighted by Gasteiger charge is 2.85. The van der Waals surface area contributed by atoms with Gasteiger partial charge in [0.05, 0.1) is 24.1 Å². The van der Waals surface area contributed by atoms with Crippen molar-refractivity contribution < 1.29 is 31.4 Å². The van der Waals surface area contributed by atoms with Crippen molar-refractivity contribution in [3.8, 4) is 21.0 Å². The van der Waals surface area contributed by atoms with Crippen LogP contribution in [0.15, 0.2) is 66.7 Å². The number of halogens is 6. The maximum Gasteiger partial charge on any atom is 0.373 e. The number of hydrogen-bond donors (Lipinski definition) is 1. The van der Waals surface area contributed by atoms with E-state index in [-0.39, 0.29) is 21.1 Å². The summed E-state index contributed by atoms with van der Waals surface area (Å²) < 4.78 is 91.1. The highest BCUT2D eigenvalue weighted by molar-refractivity contribution is 7.16. The fourth-order valence-corrected chi connectivity index (χ4v) is 7.25. The molecule has 2 unspecified atom stereocenters. The Kier molecular flexibility index (Phi) is 6.04. The lowest BCUT2D eigenvalue weighted by atomic mass is 9.87. The lowest BCUT2D eigenvalue weighted by molar-refractivity contribution is -0.274. The van der Waals surface area contributed by atoms with Crippen LogP contribution in [0.1, 0.15) is 32.8 Å². The number of hydrogen-bond acceptors (Lipinski definition) is 4. The number of nitrogens with zero attached hydrogens (tertiary/aromatic N) is 1. The standard InChI is InChI=1S/C26H19F6NOS2/c1-14-12-18(15-8-4-2-5-9-15)35-21(14)19-20(25(29,30)26(31,32)24(19,27)28)22-17(13-34)33-23(36-22)16-10-6-3-7-11-16/h2-12,19-20,34H,13H2,1H3. The van der Waals surface area contributed by atoms with Crippen molar-refractivity contribution in [2.24, 2.45) is 0 Å².